The van der Waals surface area contributed by atoms with Gasteiger partial charge in [-0.15, -0.1) is 0 Å². The van der Waals surface area contributed by atoms with Crippen LogP contribution >= 0.6 is 0 Å². The molecule has 3 N–H and O–H groups in total. The normalized spacial score (nSPS) is 16.4. The quantitative estimate of drug-likeness (QED) is 0.613. The Morgan fingerprint density at radius 1 is 1.60 bits per heavy atom. The molecule has 0 aromatic carbocycles. The van der Waals surface area contributed by atoms with Gasteiger partial charge in [0.1, 0.15) is 5.78 Å². The lowest BCUT2D eigenvalue weighted by Crippen LogP contribution is -2.56. The summed E-state index contributed by atoms with van der Waals surface area (Å²) in [5.41, 5.74) is 3.76. The van der Waals surface area contributed by atoms with Gasteiger partial charge in [-0.1, -0.05) is 20.3 Å². The van der Waals surface area contributed by atoms with Crippen LogP contribution in [0.2, 0.25) is 0 Å². The van der Waals surface area contributed by atoms with Crippen molar-refractivity contribution in [3.63, 3.8) is 0 Å². The lowest BCUT2D eigenvalue weighted by molar-refractivity contribution is -0.378. The van der Waals surface area contributed by atoms with Crippen LogP contribution in [0.3, 0.4) is 0 Å². The summed E-state index contributed by atoms with van der Waals surface area (Å²) < 4.78 is 0. The summed E-state index contributed by atoms with van der Waals surface area (Å²) >= 11 is 0. The van der Waals surface area contributed by atoms with E-state index in [4.69, 9.17) is 0 Å². The molecule has 0 aliphatic rings. The zero-order valence-electron chi connectivity index (χ0n) is 7.18. The van der Waals surface area contributed by atoms with Gasteiger partial charge in [-0.3, -0.25) is 4.79 Å². The second-order valence-electron chi connectivity index (χ2n) is 2.89. The second-order valence-corrected chi connectivity index (χ2v) is 2.89. The van der Waals surface area contributed by atoms with Crippen LogP contribution in [0, 0.1) is 11.8 Å². The van der Waals surface area contributed by atoms with E-state index in [0.717, 1.165) is 13.0 Å². The van der Waals surface area contributed by atoms with Gasteiger partial charge in [0.2, 0.25) is 0 Å². The lowest BCUT2D eigenvalue weighted by atomic mass is 9.89. The van der Waals surface area contributed by atoms with Crippen molar-refractivity contribution < 1.29 is 10.5 Å². The number of ketones is 1. The van der Waals surface area contributed by atoms with Gasteiger partial charge < -0.3 is 5.73 Å². The fourth-order valence-electron chi connectivity index (χ4n) is 1.17. The van der Waals surface area contributed by atoms with E-state index in [2.05, 4.69) is 19.6 Å². The Morgan fingerprint density at radius 2 is 2.10 bits per heavy atom. The first-order chi connectivity index (χ1) is 4.63. The van der Waals surface area contributed by atoms with Crippen LogP contribution in [-0.2, 0) is 4.79 Å². The average Bonchev–Trinajstić information content (AvgIpc) is 1.88. The molecule has 0 amide bonds. The molecule has 0 fully saturated rings. The van der Waals surface area contributed by atoms with Gasteiger partial charge in [-0.2, -0.15) is 0 Å². The minimum atomic E-state index is 0.185. The van der Waals surface area contributed by atoms with E-state index in [0.29, 0.717) is 5.92 Å². The molecular formula is C8H18NO+. The first kappa shape index (κ1) is 9.63. The molecule has 2 atom stereocenters. The fourth-order valence-corrected chi connectivity index (χ4v) is 1.17. The minimum Gasteiger partial charge on any atom is -0.357 e. The van der Waals surface area contributed by atoms with Gasteiger partial charge in [-0.05, 0) is 12.8 Å². The molecule has 0 aliphatic carbocycles. The van der Waals surface area contributed by atoms with Gasteiger partial charge in [0, 0.05) is 0 Å². The molecule has 10 heavy (non-hydrogen) atoms. The molecule has 2 heteroatoms. The Bertz CT molecular complexity index is 112. The molecule has 0 aromatic rings. The van der Waals surface area contributed by atoms with Crippen molar-refractivity contribution in [2.45, 2.75) is 27.2 Å². The Morgan fingerprint density at radius 3 is 2.20 bits per heavy atom. The average molecular weight is 144 g/mol. The van der Waals surface area contributed by atoms with E-state index in [1.54, 1.807) is 6.92 Å². The summed E-state index contributed by atoms with van der Waals surface area (Å²) in [6.07, 6.45) is 1.07. The third-order valence-corrected chi connectivity index (χ3v) is 2.16. The van der Waals surface area contributed by atoms with Crippen molar-refractivity contribution in [1.29, 1.82) is 0 Å². The van der Waals surface area contributed by atoms with Gasteiger partial charge in [0.15, 0.2) is 0 Å². The molecule has 0 bridgehead atoms. The smallest absolute Gasteiger partial charge is 0.138 e. The third-order valence-electron chi connectivity index (χ3n) is 2.16. The first-order valence-corrected chi connectivity index (χ1v) is 3.93. The highest BCUT2D eigenvalue weighted by Crippen LogP contribution is 2.13. The molecule has 0 spiro atoms. The topological polar surface area (TPSA) is 44.7 Å². The van der Waals surface area contributed by atoms with Crippen LogP contribution < -0.4 is 5.73 Å². The zero-order valence-corrected chi connectivity index (χ0v) is 7.18. The maximum atomic E-state index is 10.9. The molecule has 0 rings (SSSR count). The van der Waals surface area contributed by atoms with E-state index in [1.165, 1.54) is 0 Å². The number of carbonyl (C=O) groups excluding carboxylic acids is 1. The highest BCUT2D eigenvalue weighted by atomic mass is 16.1. The number of Topliss-reactive ketones (excluding diaryl/α,β-unsaturated/α-hetero) is 1. The molecule has 0 radical (unpaired) electrons. The van der Waals surface area contributed by atoms with E-state index < -0.39 is 0 Å². The van der Waals surface area contributed by atoms with E-state index >= 15 is 0 Å². The number of carbonyl (C=O) groups is 1. The van der Waals surface area contributed by atoms with Gasteiger partial charge in [-0.25, -0.2) is 0 Å². The second kappa shape index (κ2) is 4.45. The maximum absolute atomic E-state index is 10.9. The van der Waals surface area contributed by atoms with Crippen LogP contribution in [-0.4, -0.2) is 12.3 Å². The first-order valence-electron chi connectivity index (χ1n) is 3.93. The Hall–Kier alpha value is -0.370. The summed E-state index contributed by atoms with van der Waals surface area (Å²) in [6, 6.07) is 0. The Balaban J connectivity index is 3.92. The molecule has 1 unspecified atom stereocenters. The highest BCUT2D eigenvalue weighted by molar-refractivity contribution is 5.78. The maximum Gasteiger partial charge on any atom is 0.138 e. The van der Waals surface area contributed by atoms with E-state index in [-0.39, 0.29) is 11.7 Å². The summed E-state index contributed by atoms with van der Waals surface area (Å²) in [4.78, 5) is 10.9. The summed E-state index contributed by atoms with van der Waals surface area (Å²) in [5.74, 6) is 0.962. The fraction of sp³-hybridized carbons (Fsp3) is 0.875. The molecule has 0 heterocycles. The van der Waals surface area contributed by atoms with Crippen molar-refractivity contribution in [2.75, 3.05) is 6.54 Å². The largest absolute Gasteiger partial charge is 0.357 e. The van der Waals surface area contributed by atoms with Crippen LogP contribution in [0.1, 0.15) is 27.2 Å². The molecule has 0 saturated carbocycles. The predicted molar refractivity (Wildman–Crippen MR) is 41.4 cm³/mol. The standard InChI is InChI=1S/C8H17NO/c1-4-6(2)8(5-9)7(3)10/h6,8H,4-5,9H2,1-3H3/p+1/t6-,8?/m1/s1. The monoisotopic (exact) mass is 144 g/mol. The van der Waals surface area contributed by atoms with Crippen molar-refractivity contribution in [2.24, 2.45) is 11.8 Å². The van der Waals surface area contributed by atoms with Crippen molar-refractivity contribution >= 4 is 5.78 Å². The third kappa shape index (κ3) is 2.48. The van der Waals surface area contributed by atoms with Gasteiger partial charge >= 0.3 is 0 Å². The SMILES string of the molecule is CC[C@@H](C)C(C[NH3+])C(C)=O. The van der Waals surface area contributed by atoms with Crippen molar-refractivity contribution in [3.05, 3.63) is 0 Å². The Kier molecular flexibility index (Phi) is 4.28. The molecule has 0 aliphatic heterocycles. The van der Waals surface area contributed by atoms with E-state index in [1.807, 2.05) is 0 Å². The van der Waals surface area contributed by atoms with Crippen LogP contribution in [0.4, 0.5) is 0 Å². The summed E-state index contributed by atoms with van der Waals surface area (Å²) in [6.45, 7) is 6.61. The lowest BCUT2D eigenvalue weighted by Gasteiger charge is -2.15. The number of hydrogen-bond donors (Lipinski definition) is 1. The van der Waals surface area contributed by atoms with Crippen molar-refractivity contribution in [3.8, 4) is 0 Å². The molecule has 60 valence electrons. The van der Waals surface area contributed by atoms with Crippen LogP contribution in [0.25, 0.3) is 0 Å². The van der Waals surface area contributed by atoms with Gasteiger partial charge in [0.25, 0.3) is 0 Å². The Labute approximate surface area is 62.8 Å². The molecule has 0 saturated heterocycles. The number of quaternary nitrogens is 1. The molecular weight excluding hydrogens is 126 g/mol. The van der Waals surface area contributed by atoms with E-state index in [9.17, 15) is 4.79 Å². The van der Waals surface area contributed by atoms with Gasteiger partial charge in [0.05, 0.1) is 12.5 Å². The molecule has 2 nitrogen and oxygen atoms in total. The summed E-state index contributed by atoms with van der Waals surface area (Å²) in [5, 5.41) is 0. The predicted octanol–water partition coefficient (Wildman–Crippen LogP) is 0.480. The number of rotatable bonds is 4. The van der Waals surface area contributed by atoms with Crippen LogP contribution in [0.15, 0.2) is 0 Å². The minimum absolute atomic E-state index is 0.185. The zero-order chi connectivity index (χ0) is 8.15. The highest BCUT2D eigenvalue weighted by Gasteiger charge is 2.19. The van der Waals surface area contributed by atoms with Crippen LogP contribution in [0.5, 0.6) is 0 Å². The number of hydrogen-bond acceptors (Lipinski definition) is 1. The van der Waals surface area contributed by atoms with Crippen molar-refractivity contribution in [1.82, 2.24) is 0 Å². The summed E-state index contributed by atoms with van der Waals surface area (Å²) in [7, 11) is 0. The molecule has 0 aromatic heterocycles.